The Hall–Kier alpha value is -2.75. The maximum atomic E-state index is 12.3. The van der Waals surface area contributed by atoms with E-state index in [0.717, 1.165) is 19.5 Å². The van der Waals surface area contributed by atoms with Crippen molar-refractivity contribution < 1.29 is 9.53 Å². The number of hydrogen-bond acceptors (Lipinski definition) is 3. The van der Waals surface area contributed by atoms with Crippen molar-refractivity contribution in [1.82, 2.24) is 4.90 Å². The van der Waals surface area contributed by atoms with Gasteiger partial charge in [0.15, 0.2) is 0 Å². The third kappa shape index (κ3) is 2.97. The third-order valence-corrected chi connectivity index (χ3v) is 5.84. The van der Waals surface area contributed by atoms with Crippen molar-refractivity contribution >= 4 is 11.8 Å². The molecule has 0 bridgehead atoms. The number of hydrogen-bond donors (Lipinski definition) is 0. The Morgan fingerprint density at radius 1 is 1.04 bits per heavy atom. The van der Waals surface area contributed by atoms with Gasteiger partial charge in [0.25, 0.3) is 0 Å². The van der Waals surface area contributed by atoms with Gasteiger partial charge in [0.05, 0.1) is 0 Å². The van der Waals surface area contributed by atoms with Crippen LogP contribution in [0.25, 0.3) is 11.1 Å². The second-order valence-electron chi connectivity index (χ2n) is 9.09. The smallest absolute Gasteiger partial charge is 0.410 e. The molecule has 1 atom stereocenters. The quantitative estimate of drug-likeness (QED) is 0.612. The molecule has 5 rings (SSSR count). The molecule has 2 heterocycles. The van der Waals surface area contributed by atoms with E-state index < -0.39 is 5.60 Å². The summed E-state index contributed by atoms with van der Waals surface area (Å²) < 4.78 is 5.53. The Morgan fingerprint density at radius 3 is 2.61 bits per heavy atom. The predicted molar refractivity (Wildman–Crippen MR) is 111 cm³/mol. The van der Waals surface area contributed by atoms with Crippen LogP contribution in [0.1, 0.15) is 31.9 Å². The summed E-state index contributed by atoms with van der Waals surface area (Å²) in [5.74, 6) is 0.401. The molecule has 2 aromatic carbocycles. The summed E-state index contributed by atoms with van der Waals surface area (Å²) in [6.07, 6.45) is 3.04. The highest BCUT2D eigenvalue weighted by Gasteiger charge is 2.37. The molecule has 0 aromatic heterocycles. The lowest BCUT2D eigenvalue weighted by Crippen LogP contribution is -2.36. The molecule has 0 saturated carbocycles. The highest BCUT2D eigenvalue weighted by atomic mass is 16.6. The molecule has 144 valence electrons. The molecule has 4 nitrogen and oxygen atoms in total. The van der Waals surface area contributed by atoms with Gasteiger partial charge in [0.1, 0.15) is 5.60 Å². The van der Waals surface area contributed by atoms with Crippen LogP contribution in [0, 0.1) is 5.92 Å². The van der Waals surface area contributed by atoms with Crippen molar-refractivity contribution in [1.29, 1.82) is 0 Å². The van der Waals surface area contributed by atoms with Gasteiger partial charge in [-0.15, -0.1) is 0 Å². The molecule has 1 aliphatic carbocycles. The minimum Gasteiger partial charge on any atom is -0.444 e. The summed E-state index contributed by atoms with van der Waals surface area (Å²) in [7, 11) is 0. The van der Waals surface area contributed by atoms with E-state index in [1.54, 1.807) is 0 Å². The lowest BCUT2D eigenvalue weighted by molar-refractivity contribution is 0.0291. The fourth-order valence-electron chi connectivity index (χ4n) is 4.56. The van der Waals surface area contributed by atoms with Crippen LogP contribution in [0.4, 0.5) is 10.5 Å². The maximum Gasteiger partial charge on any atom is 0.410 e. The molecular formula is C24H26N2O2. The van der Waals surface area contributed by atoms with Crippen molar-refractivity contribution in [3.8, 4) is 11.1 Å². The van der Waals surface area contributed by atoms with E-state index in [4.69, 9.17) is 4.74 Å². The number of rotatable bonds is 1. The van der Waals surface area contributed by atoms with Crippen LogP contribution in [0.2, 0.25) is 0 Å². The van der Waals surface area contributed by atoms with Gasteiger partial charge in [-0.2, -0.15) is 0 Å². The first-order chi connectivity index (χ1) is 13.4. The Morgan fingerprint density at radius 2 is 1.82 bits per heavy atom. The molecule has 2 aromatic rings. The average molecular weight is 374 g/mol. The number of nitrogens with zero attached hydrogens (tertiary/aromatic N) is 2. The highest BCUT2D eigenvalue weighted by molar-refractivity contribution is 5.79. The molecular weight excluding hydrogens is 348 g/mol. The average Bonchev–Trinajstić information content (AvgIpc) is 3.30. The van der Waals surface area contributed by atoms with E-state index in [1.807, 2.05) is 25.7 Å². The van der Waals surface area contributed by atoms with Crippen LogP contribution in [0.3, 0.4) is 0 Å². The summed E-state index contributed by atoms with van der Waals surface area (Å²) in [5.41, 5.74) is 7.68. The van der Waals surface area contributed by atoms with Crippen LogP contribution >= 0.6 is 0 Å². The van der Waals surface area contributed by atoms with E-state index in [-0.39, 0.29) is 6.09 Å². The fourth-order valence-corrected chi connectivity index (χ4v) is 4.56. The first kappa shape index (κ1) is 17.4. The van der Waals surface area contributed by atoms with Crippen LogP contribution in [-0.2, 0) is 11.2 Å². The van der Waals surface area contributed by atoms with Crippen molar-refractivity contribution in [3.63, 3.8) is 0 Å². The zero-order chi connectivity index (χ0) is 19.5. The Kier molecular flexibility index (Phi) is 3.80. The molecule has 1 amide bonds. The summed E-state index contributed by atoms with van der Waals surface area (Å²) in [5, 5.41) is 0. The van der Waals surface area contributed by atoms with Gasteiger partial charge in [-0.3, -0.25) is 0 Å². The Bertz CT molecular complexity index is 986. The Labute approximate surface area is 166 Å². The van der Waals surface area contributed by atoms with E-state index in [9.17, 15) is 4.79 Å². The molecule has 1 saturated heterocycles. The van der Waals surface area contributed by atoms with Gasteiger partial charge in [0.2, 0.25) is 0 Å². The van der Waals surface area contributed by atoms with Gasteiger partial charge < -0.3 is 14.5 Å². The van der Waals surface area contributed by atoms with E-state index >= 15 is 0 Å². The van der Waals surface area contributed by atoms with E-state index in [2.05, 4.69) is 53.6 Å². The van der Waals surface area contributed by atoms with Gasteiger partial charge in [-0.25, -0.2) is 4.79 Å². The van der Waals surface area contributed by atoms with Crippen molar-refractivity contribution in [3.05, 3.63) is 65.4 Å². The van der Waals surface area contributed by atoms with E-state index in [1.165, 1.54) is 33.5 Å². The molecule has 1 fully saturated rings. The van der Waals surface area contributed by atoms with Crippen LogP contribution in [-0.4, -0.2) is 36.2 Å². The molecule has 1 unspecified atom stereocenters. The first-order valence-corrected chi connectivity index (χ1v) is 10.0. The fraction of sp³-hybridized carbons (Fsp3) is 0.375. The lowest BCUT2D eigenvalue weighted by Gasteiger charge is -2.25. The monoisotopic (exact) mass is 374 g/mol. The van der Waals surface area contributed by atoms with E-state index in [0.29, 0.717) is 12.5 Å². The number of benzene rings is 2. The first-order valence-electron chi connectivity index (χ1n) is 10.0. The molecule has 28 heavy (non-hydrogen) atoms. The standard InChI is InChI=1S/C24H26N2O2/c1-24(2,3)28-23(27)26-14-18-12-25(13-19(18)15-26)20-8-9-22-17(11-20)10-16-6-4-5-7-21(16)22/h4-9,11-12,19H,10,13-15H2,1-3H3. The number of carbonyl (C=O) groups excluding carboxylic acids is 1. The second-order valence-corrected chi connectivity index (χ2v) is 9.09. The molecule has 0 spiro atoms. The number of fused-ring (bicyclic) bond motifs is 4. The highest BCUT2D eigenvalue weighted by Crippen LogP contribution is 2.40. The summed E-state index contributed by atoms with van der Waals surface area (Å²) in [6, 6.07) is 15.5. The second kappa shape index (κ2) is 6.13. The number of anilines is 1. The molecule has 4 heteroatoms. The summed E-state index contributed by atoms with van der Waals surface area (Å²) in [6.45, 7) is 8.08. The molecule has 0 N–H and O–H groups in total. The SMILES string of the molecule is CC(C)(C)OC(=O)N1CC2=CN(c3ccc4c(c3)Cc3ccccc3-4)CC2C1. The molecule has 2 aliphatic heterocycles. The maximum absolute atomic E-state index is 12.3. The third-order valence-electron chi connectivity index (χ3n) is 5.84. The normalized spacial score (nSPS) is 20.0. The van der Waals surface area contributed by atoms with Gasteiger partial charge in [0, 0.05) is 37.4 Å². The van der Waals surface area contributed by atoms with Crippen LogP contribution < -0.4 is 4.90 Å². The molecule has 3 aliphatic rings. The number of ether oxygens (including phenoxy) is 1. The minimum atomic E-state index is -0.447. The van der Waals surface area contributed by atoms with Crippen molar-refractivity contribution in [2.45, 2.75) is 32.8 Å². The number of carbonyl (C=O) groups is 1. The number of likely N-dealkylation sites (tertiary alicyclic amines) is 1. The van der Waals surface area contributed by atoms with Gasteiger partial charge >= 0.3 is 6.09 Å². The topological polar surface area (TPSA) is 32.8 Å². The van der Waals surface area contributed by atoms with Crippen molar-refractivity contribution in [2.24, 2.45) is 5.92 Å². The minimum absolute atomic E-state index is 0.204. The van der Waals surface area contributed by atoms with Crippen LogP contribution in [0.15, 0.2) is 54.2 Å². The zero-order valence-electron chi connectivity index (χ0n) is 16.7. The summed E-state index contributed by atoms with van der Waals surface area (Å²) in [4.78, 5) is 16.5. The molecule has 0 radical (unpaired) electrons. The zero-order valence-corrected chi connectivity index (χ0v) is 16.7. The van der Waals surface area contributed by atoms with Crippen LogP contribution in [0.5, 0.6) is 0 Å². The van der Waals surface area contributed by atoms with Gasteiger partial charge in [-0.1, -0.05) is 30.3 Å². The van der Waals surface area contributed by atoms with Crippen molar-refractivity contribution in [2.75, 3.05) is 24.5 Å². The van der Waals surface area contributed by atoms with Gasteiger partial charge in [-0.05, 0) is 67.2 Å². The lowest BCUT2D eigenvalue weighted by atomic mass is 10.1. The largest absolute Gasteiger partial charge is 0.444 e. The summed E-state index contributed by atoms with van der Waals surface area (Å²) >= 11 is 0. The number of amides is 1. The Balaban J connectivity index is 1.32. The predicted octanol–water partition coefficient (Wildman–Crippen LogP) is 4.83.